The van der Waals surface area contributed by atoms with Crippen molar-refractivity contribution in [1.82, 2.24) is 14.7 Å². The van der Waals surface area contributed by atoms with Crippen molar-refractivity contribution in [2.45, 2.75) is 20.0 Å². The number of anilines is 1. The fourth-order valence-corrected chi connectivity index (χ4v) is 2.49. The number of carboxylic acids is 1. The average molecular weight is 308 g/mol. The highest BCUT2D eigenvalue weighted by atomic mass is 32.1. The first kappa shape index (κ1) is 15.0. The summed E-state index contributed by atoms with van der Waals surface area (Å²) in [5, 5.41) is 17.2. The minimum absolute atomic E-state index is 0.234. The molecule has 0 aliphatic rings. The van der Waals surface area contributed by atoms with E-state index in [1.165, 1.54) is 17.1 Å². The first-order valence-electron chi connectivity index (χ1n) is 6.41. The van der Waals surface area contributed by atoms with Crippen LogP contribution in [-0.2, 0) is 17.9 Å². The largest absolute Gasteiger partial charge is 0.480 e. The molecule has 2 amide bonds. The van der Waals surface area contributed by atoms with E-state index < -0.39 is 5.97 Å². The van der Waals surface area contributed by atoms with Crippen LogP contribution in [0, 0.1) is 0 Å². The van der Waals surface area contributed by atoms with Crippen LogP contribution in [0.15, 0.2) is 29.9 Å². The summed E-state index contributed by atoms with van der Waals surface area (Å²) in [5.41, 5.74) is 0.478. The van der Waals surface area contributed by atoms with Gasteiger partial charge < -0.3 is 15.3 Å². The van der Waals surface area contributed by atoms with Gasteiger partial charge in [-0.2, -0.15) is 5.10 Å². The molecule has 2 heterocycles. The van der Waals surface area contributed by atoms with E-state index in [0.717, 1.165) is 4.88 Å². The lowest BCUT2D eigenvalue weighted by atomic mass is 10.4. The Hall–Kier alpha value is -2.35. The third-order valence-electron chi connectivity index (χ3n) is 2.78. The lowest BCUT2D eigenvalue weighted by molar-refractivity contribution is -0.137. The monoisotopic (exact) mass is 308 g/mol. The summed E-state index contributed by atoms with van der Waals surface area (Å²) in [6, 6.07) is 3.69. The Morgan fingerprint density at radius 2 is 2.33 bits per heavy atom. The predicted molar refractivity (Wildman–Crippen MR) is 79.3 cm³/mol. The highest BCUT2D eigenvalue weighted by Crippen LogP contribution is 2.13. The van der Waals surface area contributed by atoms with Crippen LogP contribution in [0.4, 0.5) is 10.5 Å². The molecule has 0 aromatic carbocycles. The van der Waals surface area contributed by atoms with E-state index in [9.17, 15) is 9.59 Å². The van der Waals surface area contributed by atoms with E-state index in [1.807, 2.05) is 24.4 Å². The van der Waals surface area contributed by atoms with Gasteiger partial charge >= 0.3 is 12.0 Å². The van der Waals surface area contributed by atoms with Crippen LogP contribution in [0.5, 0.6) is 0 Å². The van der Waals surface area contributed by atoms with Crippen LogP contribution in [0.3, 0.4) is 0 Å². The Bertz CT molecular complexity index is 609. The van der Waals surface area contributed by atoms with Gasteiger partial charge in [-0.25, -0.2) is 4.79 Å². The number of nitrogens with zero attached hydrogens (tertiary/aromatic N) is 3. The molecule has 21 heavy (non-hydrogen) atoms. The Labute approximate surface area is 125 Å². The van der Waals surface area contributed by atoms with Crippen LogP contribution < -0.4 is 5.32 Å². The number of urea groups is 1. The second kappa shape index (κ2) is 6.89. The van der Waals surface area contributed by atoms with Crippen molar-refractivity contribution in [3.8, 4) is 0 Å². The number of amides is 2. The van der Waals surface area contributed by atoms with Crippen molar-refractivity contribution in [3.63, 3.8) is 0 Å². The van der Waals surface area contributed by atoms with E-state index in [4.69, 9.17) is 5.11 Å². The molecule has 0 aliphatic heterocycles. The number of carbonyl (C=O) groups is 2. The summed E-state index contributed by atoms with van der Waals surface area (Å²) in [5.74, 6) is -0.983. The molecular formula is C13H16N4O3S. The van der Waals surface area contributed by atoms with Crippen molar-refractivity contribution in [2.75, 3.05) is 11.9 Å². The molecule has 0 saturated heterocycles. The second-order valence-electron chi connectivity index (χ2n) is 4.34. The first-order valence-corrected chi connectivity index (χ1v) is 7.29. The van der Waals surface area contributed by atoms with Gasteiger partial charge in [0.25, 0.3) is 0 Å². The number of hydrogen-bond donors (Lipinski definition) is 2. The van der Waals surface area contributed by atoms with Gasteiger partial charge in [-0.15, -0.1) is 11.3 Å². The van der Waals surface area contributed by atoms with Gasteiger partial charge in [-0.1, -0.05) is 6.07 Å². The molecule has 0 aliphatic carbocycles. The molecular weight excluding hydrogens is 292 g/mol. The number of aromatic nitrogens is 2. The van der Waals surface area contributed by atoms with Crippen molar-refractivity contribution in [1.29, 1.82) is 0 Å². The smallest absolute Gasteiger partial charge is 0.325 e. The number of carbonyl (C=O) groups excluding carboxylic acids is 1. The van der Waals surface area contributed by atoms with Crippen molar-refractivity contribution < 1.29 is 14.7 Å². The molecule has 8 heteroatoms. The highest BCUT2D eigenvalue weighted by Gasteiger charge is 2.14. The third-order valence-corrected chi connectivity index (χ3v) is 3.64. The number of aliphatic carboxylic acids is 1. The van der Waals surface area contributed by atoms with E-state index in [-0.39, 0.29) is 12.6 Å². The second-order valence-corrected chi connectivity index (χ2v) is 5.38. The highest BCUT2D eigenvalue weighted by molar-refractivity contribution is 7.09. The lowest BCUT2D eigenvalue weighted by Crippen LogP contribution is -2.33. The van der Waals surface area contributed by atoms with Gasteiger partial charge in [0.15, 0.2) is 0 Å². The summed E-state index contributed by atoms with van der Waals surface area (Å²) in [7, 11) is 0. The minimum Gasteiger partial charge on any atom is -0.480 e. The maximum Gasteiger partial charge on any atom is 0.325 e. The van der Waals surface area contributed by atoms with Gasteiger partial charge in [0.05, 0.1) is 18.4 Å². The quantitative estimate of drug-likeness (QED) is 0.855. The van der Waals surface area contributed by atoms with Crippen LogP contribution >= 0.6 is 11.3 Å². The zero-order chi connectivity index (χ0) is 15.2. The Balaban J connectivity index is 1.95. The molecule has 0 bridgehead atoms. The number of thiophene rings is 1. The van der Waals surface area contributed by atoms with Gasteiger partial charge in [-0.05, 0) is 18.4 Å². The SMILES string of the molecule is CCN(Cc1cccs1)C(=O)Nc1cnn(CC(=O)O)c1. The molecule has 2 rings (SSSR count). The zero-order valence-electron chi connectivity index (χ0n) is 11.5. The molecule has 0 radical (unpaired) electrons. The van der Waals surface area contributed by atoms with Crippen molar-refractivity contribution >= 4 is 29.0 Å². The maximum absolute atomic E-state index is 12.2. The van der Waals surface area contributed by atoms with E-state index in [2.05, 4.69) is 10.4 Å². The fourth-order valence-electron chi connectivity index (χ4n) is 1.77. The predicted octanol–water partition coefficient (Wildman–Crippen LogP) is 2.08. The molecule has 0 saturated carbocycles. The van der Waals surface area contributed by atoms with Crippen LogP contribution in [0.1, 0.15) is 11.8 Å². The van der Waals surface area contributed by atoms with Gasteiger partial charge in [0.2, 0.25) is 0 Å². The maximum atomic E-state index is 12.2. The van der Waals surface area contributed by atoms with Crippen molar-refractivity contribution in [3.05, 3.63) is 34.8 Å². The van der Waals surface area contributed by atoms with Crippen LogP contribution in [-0.4, -0.2) is 38.3 Å². The minimum atomic E-state index is -0.983. The Morgan fingerprint density at radius 3 is 2.95 bits per heavy atom. The van der Waals surface area contributed by atoms with Gasteiger partial charge in [0.1, 0.15) is 6.54 Å². The Morgan fingerprint density at radius 1 is 1.52 bits per heavy atom. The molecule has 2 aromatic heterocycles. The molecule has 0 atom stereocenters. The lowest BCUT2D eigenvalue weighted by Gasteiger charge is -2.20. The number of hydrogen-bond acceptors (Lipinski definition) is 4. The van der Waals surface area contributed by atoms with Gasteiger partial charge in [0, 0.05) is 17.6 Å². The van der Waals surface area contributed by atoms with Gasteiger partial charge in [-0.3, -0.25) is 9.48 Å². The molecule has 0 spiro atoms. The fraction of sp³-hybridized carbons (Fsp3) is 0.308. The van der Waals surface area contributed by atoms with E-state index in [0.29, 0.717) is 18.8 Å². The summed E-state index contributed by atoms with van der Waals surface area (Å²) in [6.07, 6.45) is 2.92. The average Bonchev–Trinajstić information content (AvgIpc) is 3.07. The van der Waals surface area contributed by atoms with E-state index in [1.54, 1.807) is 16.2 Å². The zero-order valence-corrected chi connectivity index (χ0v) is 12.3. The summed E-state index contributed by atoms with van der Waals surface area (Å²) < 4.78 is 1.26. The van der Waals surface area contributed by atoms with Crippen LogP contribution in [0.25, 0.3) is 0 Å². The Kier molecular flexibility index (Phi) is 4.94. The van der Waals surface area contributed by atoms with Crippen LogP contribution in [0.2, 0.25) is 0 Å². The topological polar surface area (TPSA) is 87.5 Å². The standard InChI is InChI=1S/C13H16N4O3S/c1-2-16(8-11-4-3-5-21-11)13(20)15-10-6-14-17(7-10)9-12(18)19/h3-7H,2,8-9H2,1H3,(H,15,20)(H,18,19). The summed E-state index contributed by atoms with van der Waals surface area (Å²) in [6.45, 7) is 2.79. The molecule has 2 aromatic rings. The van der Waals surface area contributed by atoms with E-state index >= 15 is 0 Å². The summed E-state index contributed by atoms with van der Waals surface area (Å²) in [4.78, 5) is 25.5. The van der Waals surface area contributed by atoms with Crippen molar-refractivity contribution in [2.24, 2.45) is 0 Å². The number of nitrogens with one attached hydrogen (secondary N) is 1. The number of rotatable bonds is 6. The number of carboxylic acid groups (broad SMARTS) is 1. The first-order chi connectivity index (χ1) is 10.1. The normalized spacial score (nSPS) is 10.3. The molecule has 0 unspecified atom stereocenters. The molecule has 0 fully saturated rings. The molecule has 2 N–H and O–H groups in total. The molecule has 112 valence electrons. The summed E-state index contributed by atoms with van der Waals surface area (Å²) >= 11 is 1.60. The third kappa shape index (κ3) is 4.32. The molecule has 7 nitrogen and oxygen atoms in total.